The highest BCUT2D eigenvalue weighted by atomic mass is 16.6. The number of carbonyl (C=O) groups is 2. The summed E-state index contributed by atoms with van der Waals surface area (Å²) in [5.74, 6) is 0.110. The summed E-state index contributed by atoms with van der Waals surface area (Å²) in [4.78, 5) is 46.0. The lowest BCUT2D eigenvalue weighted by Crippen LogP contribution is -2.41. The zero-order chi connectivity index (χ0) is 30.6. The SMILES string of the molecule is Cc1ccc(C(=O)N(CCCNC(=O)OC(C)(C)C)C(c2[nH]c3ccccc3[n+](=O)c2Cc2ccccc2)C2CC2)cc1. The Bertz CT molecular complexity index is 1640. The molecule has 43 heavy (non-hydrogen) atoms. The first-order valence-corrected chi connectivity index (χ1v) is 15.1. The fourth-order valence-electron chi connectivity index (χ4n) is 5.47. The van der Waals surface area contributed by atoms with E-state index in [9.17, 15) is 14.5 Å². The number of aromatic amines is 1. The Hall–Kier alpha value is -4.46. The number of hydrogen-bond donors (Lipinski definition) is 2. The zero-order valence-corrected chi connectivity index (χ0v) is 25.4. The van der Waals surface area contributed by atoms with Crippen molar-refractivity contribution in [2.45, 2.75) is 65.0 Å². The maximum atomic E-state index is 14.3. The van der Waals surface area contributed by atoms with Crippen molar-refractivity contribution in [3.05, 3.63) is 112 Å². The first-order chi connectivity index (χ1) is 20.6. The van der Waals surface area contributed by atoms with Gasteiger partial charge in [-0.2, -0.15) is 0 Å². The fraction of sp³-hybridized carbons (Fsp3) is 0.371. The molecule has 0 aliphatic heterocycles. The van der Waals surface area contributed by atoms with E-state index in [1.165, 1.54) is 0 Å². The topological polar surface area (TPSA) is 97.4 Å². The number of ether oxygens (including phenoxy) is 1. The highest BCUT2D eigenvalue weighted by Gasteiger charge is 2.43. The summed E-state index contributed by atoms with van der Waals surface area (Å²) in [6.45, 7) is 8.21. The Labute approximate surface area is 252 Å². The number of benzene rings is 3. The second kappa shape index (κ2) is 12.8. The molecule has 1 atom stereocenters. The van der Waals surface area contributed by atoms with E-state index in [4.69, 9.17) is 4.74 Å². The van der Waals surface area contributed by atoms with Crippen molar-refractivity contribution in [3.63, 3.8) is 0 Å². The van der Waals surface area contributed by atoms with Crippen molar-refractivity contribution in [1.29, 1.82) is 0 Å². The number of nitrogens with zero attached hydrogens (tertiary/aromatic N) is 2. The number of nitrogens with one attached hydrogen (secondary N) is 2. The van der Waals surface area contributed by atoms with E-state index in [1.807, 2.05) is 111 Å². The minimum atomic E-state index is -0.594. The number of alkyl carbamates (subject to hydrolysis) is 1. The van der Waals surface area contributed by atoms with Crippen molar-refractivity contribution in [3.8, 4) is 0 Å². The van der Waals surface area contributed by atoms with Crippen LogP contribution in [0, 0.1) is 17.7 Å². The van der Waals surface area contributed by atoms with Gasteiger partial charge in [0.1, 0.15) is 16.8 Å². The van der Waals surface area contributed by atoms with E-state index in [0.29, 0.717) is 42.7 Å². The predicted octanol–water partition coefficient (Wildman–Crippen LogP) is 6.49. The lowest BCUT2D eigenvalue weighted by molar-refractivity contribution is -0.475. The van der Waals surface area contributed by atoms with Crippen LogP contribution in [0.5, 0.6) is 0 Å². The molecule has 1 unspecified atom stereocenters. The molecule has 2 amide bonds. The van der Waals surface area contributed by atoms with Crippen LogP contribution in [-0.4, -0.2) is 40.6 Å². The number of fused-ring (bicyclic) bond motifs is 1. The Morgan fingerprint density at radius 3 is 2.35 bits per heavy atom. The smallest absolute Gasteiger partial charge is 0.407 e. The predicted molar refractivity (Wildman–Crippen MR) is 167 cm³/mol. The second-order valence-electron chi connectivity index (χ2n) is 12.4. The average molecular weight is 582 g/mol. The number of rotatable bonds is 10. The van der Waals surface area contributed by atoms with Crippen LogP contribution in [-0.2, 0) is 11.2 Å². The number of amides is 2. The van der Waals surface area contributed by atoms with Crippen molar-refractivity contribution >= 4 is 23.0 Å². The third kappa shape index (κ3) is 7.49. The molecule has 1 saturated carbocycles. The Morgan fingerprint density at radius 2 is 1.67 bits per heavy atom. The van der Waals surface area contributed by atoms with Crippen LogP contribution in [0.25, 0.3) is 11.0 Å². The van der Waals surface area contributed by atoms with E-state index < -0.39 is 11.7 Å². The third-order valence-corrected chi connectivity index (χ3v) is 7.67. The molecule has 0 saturated heterocycles. The molecule has 0 bridgehead atoms. The molecule has 0 spiro atoms. The molecule has 1 aromatic heterocycles. The summed E-state index contributed by atoms with van der Waals surface area (Å²) in [5, 5.41) is 2.82. The summed E-state index contributed by atoms with van der Waals surface area (Å²) >= 11 is 0. The van der Waals surface area contributed by atoms with Crippen LogP contribution in [0.15, 0.2) is 78.9 Å². The summed E-state index contributed by atoms with van der Waals surface area (Å²) in [5.41, 5.74) is 4.75. The van der Waals surface area contributed by atoms with E-state index in [-0.39, 0.29) is 17.9 Å². The van der Waals surface area contributed by atoms with Gasteiger partial charge in [-0.05, 0) is 76.6 Å². The summed E-state index contributed by atoms with van der Waals surface area (Å²) in [6.07, 6.45) is 2.39. The molecular formula is C35H41N4O4+. The van der Waals surface area contributed by atoms with Gasteiger partial charge in [0.25, 0.3) is 17.1 Å². The molecule has 8 nitrogen and oxygen atoms in total. The summed E-state index contributed by atoms with van der Waals surface area (Å²) < 4.78 is 6.42. The number of aryl methyl sites for hydroxylation is 1. The van der Waals surface area contributed by atoms with Crippen LogP contribution in [0.3, 0.4) is 0 Å². The highest BCUT2D eigenvalue weighted by molar-refractivity contribution is 5.94. The van der Waals surface area contributed by atoms with Crippen molar-refractivity contribution in [2.24, 2.45) is 5.92 Å². The summed E-state index contributed by atoms with van der Waals surface area (Å²) in [6, 6.07) is 24.7. The van der Waals surface area contributed by atoms with Gasteiger partial charge >= 0.3 is 6.09 Å². The zero-order valence-electron chi connectivity index (χ0n) is 25.4. The van der Waals surface area contributed by atoms with E-state index in [1.54, 1.807) is 0 Å². The van der Waals surface area contributed by atoms with Crippen LogP contribution >= 0.6 is 0 Å². The fourth-order valence-corrected chi connectivity index (χ4v) is 5.47. The van der Waals surface area contributed by atoms with Crippen LogP contribution in [0.1, 0.15) is 78.9 Å². The molecule has 224 valence electrons. The van der Waals surface area contributed by atoms with Gasteiger partial charge in [0.15, 0.2) is 0 Å². The Balaban J connectivity index is 1.54. The number of para-hydroxylation sites is 2. The van der Waals surface area contributed by atoms with Crippen LogP contribution in [0.2, 0.25) is 0 Å². The first-order valence-electron chi connectivity index (χ1n) is 15.1. The number of hydrogen-bond acceptors (Lipinski definition) is 4. The van der Waals surface area contributed by atoms with Gasteiger partial charge in [-0.1, -0.05) is 60.2 Å². The molecular weight excluding hydrogens is 540 g/mol. The average Bonchev–Trinajstić information content (AvgIpc) is 3.81. The molecule has 1 heterocycles. The standard InChI is InChI=1S/C35H40N4O4/c1-24-15-17-27(18-16-24)33(40)38(22-10-21-36-34(41)43-35(2,3)4)32(26-19-20-26)31-30(23-25-11-6-5-7-12-25)39(42)29-14-9-8-13-28(29)37-31/h5-9,11-18,26,32H,10,19-23H2,1-4H3,(H-,36,37,41,42)/p+1. The molecule has 8 heteroatoms. The molecule has 0 radical (unpaired) electrons. The molecule has 4 aromatic rings. The van der Waals surface area contributed by atoms with Gasteiger partial charge in [0, 0.05) is 29.6 Å². The lowest BCUT2D eigenvalue weighted by Gasteiger charge is -2.32. The first kappa shape index (κ1) is 30.0. The molecule has 1 aliphatic rings. The largest absolute Gasteiger partial charge is 0.444 e. The minimum Gasteiger partial charge on any atom is -0.444 e. The molecule has 2 N–H and O–H groups in total. The van der Waals surface area contributed by atoms with Gasteiger partial charge in [-0.3, -0.25) is 4.79 Å². The third-order valence-electron chi connectivity index (χ3n) is 7.67. The normalized spacial score (nSPS) is 13.9. The quantitative estimate of drug-likeness (QED) is 0.165. The van der Waals surface area contributed by atoms with Gasteiger partial charge < -0.3 is 19.9 Å². The molecule has 1 aliphatic carbocycles. The van der Waals surface area contributed by atoms with Crippen LogP contribution < -0.4 is 9.74 Å². The lowest BCUT2D eigenvalue weighted by atomic mass is 9.98. The Kier molecular flexibility index (Phi) is 8.94. The molecule has 5 rings (SSSR count). The van der Waals surface area contributed by atoms with E-state index >= 15 is 0 Å². The van der Waals surface area contributed by atoms with Crippen LogP contribution in [0.4, 0.5) is 4.79 Å². The monoisotopic (exact) mass is 581 g/mol. The van der Waals surface area contributed by atoms with Gasteiger partial charge in [-0.15, -0.1) is 0 Å². The van der Waals surface area contributed by atoms with E-state index in [0.717, 1.165) is 39.6 Å². The molecule has 3 aromatic carbocycles. The summed E-state index contributed by atoms with van der Waals surface area (Å²) in [7, 11) is 0. The van der Waals surface area contributed by atoms with Crippen molar-refractivity contribution in [2.75, 3.05) is 13.1 Å². The number of carbonyl (C=O) groups excluding carboxylic acids is 2. The second-order valence-corrected chi connectivity index (χ2v) is 12.4. The maximum Gasteiger partial charge on any atom is 0.407 e. The van der Waals surface area contributed by atoms with Crippen molar-refractivity contribution < 1.29 is 18.8 Å². The maximum absolute atomic E-state index is 14.3. The minimum absolute atomic E-state index is 0.0983. The van der Waals surface area contributed by atoms with Gasteiger partial charge in [-0.25, -0.2) is 4.79 Å². The van der Waals surface area contributed by atoms with E-state index in [2.05, 4.69) is 10.3 Å². The molecule has 1 fully saturated rings. The number of H-pyrrole nitrogens is 1. The Morgan fingerprint density at radius 1 is 1.00 bits per heavy atom. The highest BCUT2D eigenvalue weighted by Crippen LogP contribution is 2.45. The van der Waals surface area contributed by atoms with Crippen molar-refractivity contribution in [1.82, 2.24) is 15.2 Å². The van der Waals surface area contributed by atoms with Gasteiger partial charge in [0.2, 0.25) is 0 Å². The number of aromatic nitrogens is 2. The van der Waals surface area contributed by atoms with Gasteiger partial charge in [0.05, 0.1) is 16.9 Å².